The van der Waals surface area contributed by atoms with Crippen molar-refractivity contribution >= 4 is 39.3 Å². The highest BCUT2D eigenvalue weighted by Crippen LogP contribution is 2.27. The van der Waals surface area contributed by atoms with Crippen LogP contribution in [-0.4, -0.2) is 37.4 Å². The number of halogens is 2. The lowest BCUT2D eigenvalue weighted by molar-refractivity contribution is -0.125. The van der Waals surface area contributed by atoms with Gasteiger partial charge in [0.25, 0.3) is 0 Å². The van der Waals surface area contributed by atoms with Crippen LogP contribution in [0.2, 0.25) is 5.02 Å². The first kappa shape index (κ1) is 24.4. The molecule has 1 aliphatic rings. The van der Waals surface area contributed by atoms with Crippen molar-refractivity contribution in [3.05, 3.63) is 34.6 Å². The van der Waals surface area contributed by atoms with Crippen molar-refractivity contribution in [1.29, 1.82) is 0 Å². The van der Waals surface area contributed by atoms with Crippen LogP contribution in [0.3, 0.4) is 0 Å². The molecule has 0 saturated heterocycles. The molecular weight excluding hydrogens is 435 g/mol. The van der Waals surface area contributed by atoms with E-state index in [9.17, 15) is 17.6 Å². The smallest absolute Gasteiger partial charge is 0.223 e. The second-order valence-electron chi connectivity index (χ2n) is 8.33. The fourth-order valence-electron chi connectivity index (χ4n) is 3.10. The zero-order valence-electron chi connectivity index (χ0n) is 17.1. The van der Waals surface area contributed by atoms with Gasteiger partial charge in [-0.2, -0.15) is 11.8 Å². The molecule has 1 aromatic carbocycles. The molecule has 0 radical (unpaired) electrons. The largest absolute Gasteiger partial charge is 0.355 e. The van der Waals surface area contributed by atoms with Crippen LogP contribution in [0.5, 0.6) is 0 Å². The number of carbonyl (C=O) groups is 1. The summed E-state index contributed by atoms with van der Waals surface area (Å²) < 4.78 is 40.2. The van der Waals surface area contributed by atoms with Crippen LogP contribution in [0.1, 0.15) is 52.0 Å². The summed E-state index contributed by atoms with van der Waals surface area (Å²) >= 11 is 7.52. The molecule has 0 unspecified atom stereocenters. The van der Waals surface area contributed by atoms with E-state index in [1.54, 1.807) is 32.9 Å². The van der Waals surface area contributed by atoms with E-state index in [1.165, 1.54) is 17.8 Å². The minimum Gasteiger partial charge on any atom is -0.355 e. The Balaban J connectivity index is 1.67. The van der Waals surface area contributed by atoms with E-state index in [4.69, 9.17) is 11.6 Å². The molecule has 0 heterocycles. The van der Waals surface area contributed by atoms with Gasteiger partial charge < -0.3 is 5.32 Å². The minimum absolute atomic E-state index is 0.00616. The quantitative estimate of drug-likeness (QED) is 0.568. The van der Waals surface area contributed by atoms with Gasteiger partial charge in [0.05, 0.1) is 4.75 Å². The third-order valence-electron chi connectivity index (χ3n) is 5.08. The van der Waals surface area contributed by atoms with E-state index in [-0.39, 0.29) is 23.7 Å². The van der Waals surface area contributed by atoms with Crippen LogP contribution >= 0.6 is 23.4 Å². The first-order valence-corrected chi connectivity index (χ1v) is 12.8. The van der Waals surface area contributed by atoms with Gasteiger partial charge in [-0.1, -0.05) is 17.7 Å². The molecule has 5 nitrogen and oxygen atoms in total. The average Bonchev–Trinajstić information content (AvgIpc) is 2.62. The van der Waals surface area contributed by atoms with Crippen molar-refractivity contribution in [2.75, 3.05) is 12.3 Å². The second kappa shape index (κ2) is 10.5. The predicted molar refractivity (Wildman–Crippen MR) is 118 cm³/mol. The van der Waals surface area contributed by atoms with Crippen LogP contribution in [0.4, 0.5) is 4.39 Å². The van der Waals surface area contributed by atoms with E-state index in [1.807, 2.05) is 0 Å². The maximum Gasteiger partial charge on any atom is 0.223 e. The van der Waals surface area contributed by atoms with E-state index in [0.717, 1.165) is 0 Å². The maximum atomic E-state index is 13.7. The Labute approximate surface area is 182 Å². The Kier molecular flexibility index (Phi) is 8.82. The van der Waals surface area contributed by atoms with Gasteiger partial charge in [-0.05, 0) is 58.6 Å². The van der Waals surface area contributed by atoms with E-state index < -0.39 is 14.8 Å². The number of thioether (sulfide) groups is 1. The molecule has 9 heteroatoms. The van der Waals surface area contributed by atoms with Crippen molar-refractivity contribution in [3.63, 3.8) is 0 Å². The number of nitrogens with one attached hydrogen (secondary N) is 2. The molecule has 1 aliphatic carbocycles. The summed E-state index contributed by atoms with van der Waals surface area (Å²) in [6.07, 6.45) is 2.66. The topological polar surface area (TPSA) is 75.3 Å². The number of amides is 1. The second-order valence-corrected chi connectivity index (χ2v) is 12.3. The van der Waals surface area contributed by atoms with E-state index in [0.29, 0.717) is 54.3 Å². The van der Waals surface area contributed by atoms with Gasteiger partial charge in [-0.15, -0.1) is 0 Å². The first-order valence-electron chi connectivity index (χ1n) is 9.81. The molecule has 0 bridgehead atoms. The molecule has 1 amide bonds. The third-order valence-corrected chi connectivity index (χ3v) is 8.68. The van der Waals surface area contributed by atoms with Crippen molar-refractivity contribution in [2.24, 2.45) is 5.92 Å². The molecule has 2 N–H and O–H groups in total. The van der Waals surface area contributed by atoms with E-state index >= 15 is 0 Å². The van der Waals surface area contributed by atoms with Gasteiger partial charge in [0.2, 0.25) is 15.9 Å². The zero-order valence-corrected chi connectivity index (χ0v) is 19.5. The number of carbonyl (C=O) groups excluding carboxylic acids is 1. The van der Waals surface area contributed by atoms with Crippen molar-refractivity contribution in [2.45, 2.75) is 63.0 Å². The van der Waals surface area contributed by atoms with Crippen LogP contribution in [0.25, 0.3) is 0 Å². The molecule has 1 saturated carbocycles. The standard InChI is InChI=1S/C20H30ClFN2O3S2/c1-20(2,3)29(26,27)24-15-9-7-14(8-10-15)19(25)23-11-12-28-13-16-17(21)5-4-6-18(16)22/h4-6,14-15,24H,7-13H2,1-3H3,(H,23,25). The predicted octanol–water partition coefficient (Wildman–Crippen LogP) is 4.11. The summed E-state index contributed by atoms with van der Waals surface area (Å²) in [4.78, 5) is 12.4. The van der Waals surface area contributed by atoms with Crippen LogP contribution in [-0.2, 0) is 20.6 Å². The maximum absolute atomic E-state index is 13.7. The van der Waals surface area contributed by atoms with Crippen molar-refractivity contribution in [1.82, 2.24) is 10.0 Å². The molecule has 2 rings (SSSR count). The summed E-state index contributed by atoms with van der Waals surface area (Å²) in [6, 6.07) is 4.53. The number of hydrogen-bond acceptors (Lipinski definition) is 4. The van der Waals surface area contributed by atoms with Gasteiger partial charge in [-0.3, -0.25) is 4.79 Å². The Hall–Kier alpha value is -0.830. The monoisotopic (exact) mass is 464 g/mol. The third kappa shape index (κ3) is 7.12. The summed E-state index contributed by atoms with van der Waals surface area (Å²) in [5.41, 5.74) is 0.488. The normalized spacial score (nSPS) is 20.4. The SMILES string of the molecule is CC(C)(C)S(=O)(=O)NC1CCC(C(=O)NCCSCc2c(F)cccc2Cl)CC1. The first-order chi connectivity index (χ1) is 13.5. The molecule has 164 valence electrons. The van der Waals surface area contributed by atoms with Gasteiger partial charge >= 0.3 is 0 Å². The highest BCUT2D eigenvalue weighted by Gasteiger charge is 2.33. The van der Waals surface area contributed by atoms with Gasteiger partial charge in [-0.25, -0.2) is 17.5 Å². The van der Waals surface area contributed by atoms with Crippen LogP contribution in [0.15, 0.2) is 18.2 Å². The lowest BCUT2D eigenvalue weighted by atomic mass is 9.86. The summed E-state index contributed by atoms with van der Waals surface area (Å²) in [5, 5.41) is 3.35. The molecular formula is C20H30ClFN2O3S2. The lowest BCUT2D eigenvalue weighted by Crippen LogP contribution is -2.46. The number of sulfonamides is 1. The lowest BCUT2D eigenvalue weighted by Gasteiger charge is -2.30. The van der Waals surface area contributed by atoms with Crippen LogP contribution in [0, 0.1) is 11.7 Å². The molecule has 1 aromatic rings. The molecule has 0 aliphatic heterocycles. The Morgan fingerprint density at radius 1 is 1.24 bits per heavy atom. The number of rotatable bonds is 8. The molecule has 0 atom stereocenters. The Morgan fingerprint density at radius 2 is 1.90 bits per heavy atom. The highest BCUT2D eigenvalue weighted by atomic mass is 35.5. The van der Waals surface area contributed by atoms with E-state index in [2.05, 4.69) is 10.0 Å². The van der Waals surface area contributed by atoms with Crippen molar-refractivity contribution in [3.8, 4) is 0 Å². The average molecular weight is 465 g/mol. The summed E-state index contributed by atoms with van der Waals surface area (Å²) in [5.74, 6) is 0.730. The van der Waals surface area contributed by atoms with Crippen LogP contribution < -0.4 is 10.0 Å². The van der Waals surface area contributed by atoms with Gasteiger partial charge in [0.1, 0.15) is 5.82 Å². The number of hydrogen-bond donors (Lipinski definition) is 2. The van der Waals surface area contributed by atoms with Gasteiger partial charge in [0.15, 0.2) is 0 Å². The summed E-state index contributed by atoms with van der Waals surface area (Å²) in [6.45, 7) is 5.53. The zero-order chi connectivity index (χ0) is 21.7. The summed E-state index contributed by atoms with van der Waals surface area (Å²) in [7, 11) is -3.37. The Bertz CT molecular complexity index is 784. The fraction of sp³-hybridized carbons (Fsp3) is 0.650. The highest BCUT2D eigenvalue weighted by molar-refractivity contribution is 7.98. The molecule has 1 fully saturated rings. The Morgan fingerprint density at radius 3 is 2.48 bits per heavy atom. The molecule has 29 heavy (non-hydrogen) atoms. The fourth-order valence-corrected chi connectivity index (χ4v) is 5.33. The molecule has 0 spiro atoms. The van der Waals surface area contributed by atoms with Gasteiger partial charge in [0, 0.05) is 40.6 Å². The molecule has 0 aromatic heterocycles. The number of benzene rings is 1. The van der Waals surface area contributed by atoms with Crippen molar-refractivity contribution < 1.29 is 17.6 Å². The minimum atomic E-state index is -3.37.